The smallest absolute Gasteiger partial charge is 0.0996 e. The molecule has 0 aromatic heterocycles. The molecule has 26 heavy (non-hydrogen) atoms. The molecule has 1 aliphatic rings. The van der Waals surface area contributed by atoms with Crippen LogP contribution in [-0.2, 0) is 22.9 Å². The molecule has 0 fully saturated rings. The van der Waals surface area contributed by atoms with Gasteiger partial charge < -0.3 is 0 Å². The van der Waals surface area contributed by atoms with E-state index in [4.69, 9.17) is 9.68 Å². The number of hydroxylamine groups is 2. The lowest BCUT2D eigenvalue weighted by molar-refractivity contribution is 0.0395. The van der Waals surface area contributed by atoms with Gasteiger partial charge in [-0.1, -0.05) is 80.6 Å². The van der Waals surface area contributed by atoms with Crippen LogP contribution in [0.1, 0.15) is 31.4 Å². The van der Waals surface area contributed by atoms with Gasteiger partial charge in [-0.15, -0.1) is 0 Å². The number of allylic oxidation sites excluding steroid dienone is 3. The zero-order valence-electron chi connectivity index (χ0n) is 15.4. The normalized spacial score (nSPS) is 15.8. The molecule has 136 valence electrons. The molecule has 0 heterocycles. The van der Waals surface area contributed by atoms with E-state index in [-0.39, 0.29) is 5.41 Å². The second-order valence-corrected chi connectivity index (χ2v) is 7.19. The summed E-state index contributed by atoms with van der Waals surface area (Å²) in [6.45, 7) is 5.42. The predicted octanol–water partition coefficient (Wildman–Crippen LogP) is 4.63. The highest BCUT2D eigenvalue weighted by Gasteiger charge is 2.22. The summed E-state index contributed by atoms with van der Waals surface area (Å²) < 4.78 is 0. The quantitative estimate of drug-likeness (QED) is 0.681. The molecule has 0 saturated carbocycles. The Hall–Kier alpha value is -2.56. The molecule has 0 aliphatic heterocycles. The summed E-state index contributed by atoms with van der Waals surface area (Å²) in [4.78, 5) is 11.3. The average molecular weight is 350 g/mol. The minimum absolute atomic E-state index is 0.0195. The van der Waals surface area contributed by atoms with Gasteiger partial charge in [0.1, 0.15) is 0 Å². The van der Waals surface area contributed by atoms with Gasteiger partial charge in [0.15, 0.2) is 0 Å². The highest BCUT2D eigenvalue weighted by molar-refractivity contribution is 5.28. The van der Waals surface area contributed by atoms with Crippen LogP contribution in [0, 0.1) is 5.41 Å². The molecule has 3 rings (SSSR count). The number of hydrogen-bond donors (Lipinski definition) is 2. The van der Waals surface area contributed by atoms with Gasteiger partial charge in [0.2, 0.25) is 0 Å². The average Bonchev–Trinajstić information content (AvgIpc) is 2.62. The van der Waals surface area contributed by atoms with Crippen molar-refractivity contribution < 1.29 is 9.68 Å². The fourth-order valence-corrected chi connectivity index (χ4v) is 2.93. The van der Waals surface area contributed by atoms with Crippen molar-refractivity contribution >= 4 is 0 Å². The Kier molecular flexibility index (Phi) is 6.10. The van der Waals surface area contributed by atoms with Crippen LogP contribution in [0.25, 0.3) is 0 Å². The van der Waals surface area contributed by atoms with Gasteiger partial charge >= 0.3 is 0 Å². The lowest BCUT2D eigenvalue weighted by atomic mass is 9.83. The van der Waals surface area contributed by atoms with Gasteiger partial charge in [-0.2, -0.15) is 0 Å². The number of rotatable bonds is 8. The van der Waals surface area contributed by atoms with Gasteiger partial charge in [0.05, 0.1) is 18.9 Å². The summed E-state index contributed by atoms with van der Waals surface area (Å²) >= 11 is 0. The Balaban J connectivity index is 1.52. The molecule has 1 aliphatic carbocycles. The van der Waals surface area contributed by atoms with E-state index in [0.29, 0.717) is 13.2 Å². The summed E-state index contributed by atoms with van der Waals surface area (Å²) in [6.07, 6.45) is 5.09. The summed E-state index contributed by atoms with van der Waals surface area (Å²) in [7, 11) is 0. The van der Waals surface area contributed by atoms with Crippen molar-refractivity contribution in [2.75, 3.05) is 0 Å². The second-order valence-electron chi connectivity index (χ2n) is 7.19. The van der Waals surface area contributed by atoms with Crippen LogP contribution in [0.5, 0.6) is 0 Å². The third-order valence-corrected chi connectivity index (χ3v) is 4.08. The Morgan fingerprint density at radius 3 is 1.92 bits per heavy atom. The third-order valence-electron chi connectivity index (χ3n) is 4.08. The topological polar surface area (TPSA) is 42.5 Å². The van der Waals surface area contributed by atoms with E-state index in [0.717, 1.165) is 28.9 Å². The van der Waals surface area contributed by atoms with Crippen molar-refractivity contribution in [2.24, 2.45) is 5.41 Å². The number of hydrogen-bond acceptors (Lipinski definition) is 4. The molecule has 0 radical (unpaired) electrons. The summed E-state index contributed by atoms with van der Waals surface area (Å²) in [5.74, 6) is 0. The molecule has 0 saturated heterocycles. The van der Waals surface area contributed by atoms with Crippen molar-refractivity contribution in [1.29, 1.82) is 0 Å². The Morgan fingerprint density at radius 2 is 1.35 bits per heavy atom. The Bertz CT molecular complexity index is 752. The van der Waals surface area contributed by atoms with Gasteiger partial charge in [0.25, 0.3) is 0 Å². The molecule has 2 aromatic carbocycles. The monoisotopic (exact) mass is 350 g/mol. The molecule has 2 N–H and O–H groups in total. The molecular weight excluding hydrogens is 324 g/mol. The van der Waals surface area contributed by atoms with Crippen LogP contribution in [0.2, 0.25) is 0 Å². The molecule has 0 amide bonds. The zero-order chi connectivity index (χ0) is 18.2. The highest BCUT2D eigenvalue weighted by atomic mass is 16.6. The Morgan fingerprint density at radius 1 is 0.808 bits per heavy atom. The largest absolute Gasteiger partial charge is 0.272 e. The van der Waals surface area contributed by atoms with Gasteiger partial charge in [0, 0.05) is 5.70 Å². The van der Waals surface area contributed by atoms with Crippen LogP contribution in [-0.4, -0.2) is 0 Å². The maximum atomic E-state index is 5.66. The molecule has 2 aromatic rings. The van der Waals surface area contributed by atoms with Crippen LogP contribution < -0.4 is 11.0 Å². The summed E-state index contributed by atoms with van der Waals surface area (Å²) in [5, 5.41) is 0. The van der Waals surface area contributed by atoms with E-state index in [1.165, 1.54) is 0 Å². The van der Waals surface area contributed by atoms with Gasteiger partial charge in [-0.25, -0.2) is 0 Å². The molecule has 0 bridgehead atoms. The number of nitrogens with one attached hydrogen (secondary N) is 2. The molecule has 4 nitrogen and oxygen atoms in total. The molecule has 0 atom stereocenters. The van der Waals surface area contributed by atoms with E-state index in [1.807, 2.05) is 66.7 Å². The lowest BCUT2D eigenvalue weighted by Crippen LogP contribution is -2.26. The van der Waals surface area contributed by atoms with E-state index >= 15 is 0 Å². The maximum absolute atomic E-state index is 5.66. The van der Waals surface area contributed by atoms with E-state index in [1.54, 1.807) is 0 Å². The van der Waals surface area contributed by atoms with Gasteiger partial charge in [-0.05, 0) is 29.0 Å². The highest BCUT2D eigenvalue weighted by Crippen LogP contribution is 2.31. The zero-order valence-corrected chi connectivity index (χ0v) is 15.4. The first kappa shape index (κ1) is 18.2. The van der Waals surface area contributed by atoms with Crippen molar-refractivity contribution in [1.82, 2.24) is 11.0 Å². The number of benzene rings is 2. The van der Waals surface area contributed by atoms with Crippen LogP contribution in [0.4, 0.5) is 0 Å². The van der Waals surface area contributed by atoms with Crippen LogP contribution >= 0.6 is 0 Å². The fraction of sp³-hybridized carbons (Fsp3) is 0.273. The maximum Gasteiger partial charge on any atom is 0.0996 e. The predicted molar refractivity (Wildman–Crippen MR) is 103 cm³/mol. The molecule has 0 unspecified atom stereocenters. The molecular formula is C22H26N2O2. The first-order chi connectivity index (χ1) is 12.6. The van der Waals surface area contributed by atoms with E-state index in [2.05, 4.69) is 30.9 Å². The van der Waals surface area contributed by atoms with E-state index in [9.17, 15) is 0 Å². The van der Waals surface area contributed by atoms with Gasteiger partial charge in [-0.3, -0.25) is 20.6 Å². The molecule has 0 spiro atoms. The minimum Gasteiger partial charge on any atom is -0.272 e. The summed E-state index contributed by atoms with van der Waals surface area (Å²) in [5.41, 5.74) is 10.4. The van der Waals surface area contributed by atoms with Crippen molar-refractivity contribution in [3.8, 4) is 0 Å². The minimum atomic E-state index is 0.0195. The van der Waals surface area contributed by atoms with Crippen molar-refractivity contribution in [3.05, 3.63) is 95.3 Å². The standard InChI is InChI=1S/C22H26N2O2/c1-22(2)14-20(23-25-16-18-9-5-3-6-10-18)13-21(15-22)24-26-17-19-11-7-4-8-12-19/h3-14,23-24H,15-17H2,1-2H3. The van der Waals surface area contributed by atoms with Crippen molar-refractivity contribution in [2.45, 2.75) is 33.5 Å². The van der Waals surface area contributed by atoms with Crippen LogP contribution in [0.3, 0.4) is 0 Å². The first-order valence-electron chi connectivity index (χ1n) is 8.88. The lowest BCUT2D eigenvalue weighted by Gasteiger charge is -2.28. The SMILES string of the molecule is CC1(C)C=C(NOCc2ccccc2)C=C(NOCc2ccccc2)C1. The molecule has 4 heteroatoms. The fourth-order valence-electron chi connectivity index (χ4n) is 2.93. The Labute approximate surface area is 155 Å². The first-order valence-corrected chi connectivity index (χ1v) is 8.88. The van der Waals surface area contributed by atoms with E-state index < -0.39 is 0 Å². The van der Waals surface area contributed by atoms with Crippen LogP contribution in [0.15, 0.2) is 84.2 Å². The van der Waals surface area contributed by atoms with Crippen molar-refractivity contribution in [3.63, 3.8) is 0 Å². The third kappa shape index (κ3) is 5.76. The summed E-state index contributed by atoms with van der Waals surface area (Å²) in [6, 6.07) is 20.2. The second kappa shape index (κ2) is 8.70.